The van der Waals surface area contributed by atoms with Crippen LogP contribution in [-0.2, 0) is 24.0 Å². The summed E-state index contributed by atoms with van der Waals surface area (Å²) in [6, 6.07) is -0.887. The summed E-state index contributed by atoms with van der Waals surface area (Å²) in [6.07, 6.45) is 2.15. The van der Waals surface area contributed by atoms with Gasteiger partial charge in [-0.25, -0.2) is 0 Å². The number of thioether (sulfide) groups is 1. The Labute approximate surface area is 148 Å². The van der Waals surface area contributed by atoms with Crippen LogP contribution in [0.2, 0.25) is 0 Å². The van der Waals surface area contributed by atoms with E-state index in [0.717, 1.165) is 0 Å². The normalized spacial score (nSPS) is 11.1. The maximum Gasteiger partial charge on any atom is 0.322 e. The second-order valence-corrected chi connectivity index (χ2v) is 5.76. The molecule has 12 heteroatoms. The third kappa shape index (κ3) is 11.8. The highest BCUT2D eigenvalue weighted by Gasteiger charge is 2.21. The van der Waals surface area contributed by atoms with Gasteiger partial charge in [-0.1, -0.05) is 0 Å². The Morgan fingerprint density at radius 2 is 1.56 bits per heavy atom. The number of carbonyl (C=O) groups is 5. The summed E-state index contributed by atoms with van der Waals surface area (Å²) in [7, 11) is 0. The van der Waals surface area contributed by atoms with Crippen LogP contribution in [0.15, 0.2) is 0 Å². The summed E-state index contributed by atoms with van der Waals surface area (Å²) in [5.41, 5.74) is 5.10. The van der Waals surface area contributed by atoms with Gasteiger partial charge >= 0.3 is 5.97 Å². The molecule has 0 unspecified atom stereocenters. The molecule has 4 amide bonds. The van der Waals surface area contributed by atoms with Crippen LogP contribution in [0.25, 0.3) is 0 Å². The Hall–Kier alpha value is -2.34. The first-order valence-electron chi connectivity index (χ1n) is 7.31. The molecule has 142 valence electrons. The number of aliphatic carboxylic acids is 1. The fourth-order valence-electron chi connectivity index (χ4n) is 1.53. The quantitative estimate of drug-likeness (QED) is 0.204. The molecule has 0 aliphatic rings. The van der Waals surface area contributed by atoms with Crippen molar-refractivity contribution in [3.05, 3.63) is 0 Å². The predicted octanol–water partition coefficient (Wildman–Crippen LogP) is -3.38. The molecule has 1 atom stereocenters. The predicted molar refractivity (Wildman–Crippen MR) is 90.6 cm³/mol. The van der Waals surface area contributed by atoms with E-state index < -0.39 is 48.7 Å². The summed E-state index contributed by atoms with van der Waals surface area (Å²) >= 11 is 1.47. The summed E-state index contributed by atoms with van der Waals surface area (Å²) in [5, 5.41) is 17.6. The van der Waals surface area contributed by atoms with Crippen molar-refractivity contribution in [3.8, 4) is 0 Å². The first-order valence-corrected chi connectivity index (χ1v) is 8.70. The largest absolute Gasteiger partial charge is 0.480 e. The lowest BCUT2D eigenvalue weighted by molar-refractivity contribution is -0.138. The number of carbonyl (C=O) groups excluding carboxylic acids is 4. The fraction of sp³-hybridized carbons (Fsp3) is 0.615. The number of carboxylic acid groups (broad SMARTS) is 1. The minimum absolute atomic E-state index is 0.255. The van der Waals surface area contributed by atoms with Gasteiger partial charge in [0.15, 0.2) is 0 Å². The van der Waals surface area contributed by atoms with Crippen molar-refractivity contribution < 1.29 is 29.1 Å². The molecular weight excluding hydrogens is 354 g/mol. The first kappa shape index (κ1) is 22.7. The van der Waals surface area contributed by atoms with Crippen LogP contribution in [0.3, 0.4) is 0 Å². The molecule has 0 spiro atoms. The topological polar surface area (TPSA) is 180 Å². The molecule has 0 rings (SSSR count). The van der Waals surface area contributed by atoms with Crippen LogP contribution >= 0.6 is 11.8 Å². The average Bonchev–Trinajstić information content (AvgIpc) is 2.58. The average molecular weight is 377 g/mol. The molecule has 0 aromatic rings. The van der Waals surface area contributed by atoms with E-state index in [0.29, 0.717) is 12.2 Å². The third-order valence-electron chi connectivity index (χ3n) is 2.75. The summed E-state index contributed by atoms with van der Waals surface area (Å²) in [5.74, 6) is -2.95. The van der Waals surface area contributed by atoms with Crippen LogP contribution in [-0.4, -0.2) is 78.9 Å². The van der Waals surface area contributed by atoms with Gasteiger partial charge in [0.2, 0.25) is 23.6 Å². The Balaban J connectivity index is 4.45. The van der Waals surface area contributed by atoms with Crippen molar-refractivity contribution in [2.75, 3.05) is 38.2 Å². The maximum atomic E-state index is 12.1. The Bertz CT molecular complexity index is 501. The highest BCUT2D eigenvalue weighted by atomic mass is 32.2. The fourth-order valence-corrected chi connectivity index (χ4v) is 2.00. The molecule has 0 fully saturated rings. The van der Waals surface area contributed by atoms with E-state index >= 15 is 0 Å². The van der Waals surface area contributed by atoms with Gasteiger partial charge < -0.3 is 32.1 Å². The minimum atomic E-state index is -1.20. The molecule has 0 heterocycles. The number of amides is 4. The monoisotopic (exact) mass is 377 g/mol. The van der Waals surface area contributed by atoms with Gasteiger partial charge in [-0.05, 0) is 18.4 Å². The molecular formula is C13H23N5O6S. The van der Waals surface area contributed by atoms with Crippen LogP contribution in [0.1, 0.15) is 6.42 Å². The summed E-state index contributed by atoms with van der Waals surface area (Å²) in [6.45, 7) is -1.54. The van der Waals surface area contributed by atoms with Crippen molar-refractivity contribution in [1.29, 1.82) is 0 Å². The zero-order chi connectivity index (χ0) is 19.2. The second-order valence-electron chi connectivity index (χ2n) is 4.77. The minimum Gasteiger partial charge on any atom is -0.480 e. The SMILES string of the molecule is CSCC[C@H](NC(=O)CNC(=O)CN)C(=O)NCC(=O)NCC(=O)O. The summed E-state index contributed by atoms with van der Waals surface area (Å²) in [4.78, 5) is 56.6. The number of carboxylic acids is 1. The van der Waals surface area contributed by atoms with Crippen LogP contribution in [0.4, 0.5) is 0 Å². The molecule has 0 aliphatic carbocycles. The van der Waals surface area contributed by atoms with Gasteiger partial charge in [-0.15, -0.1) is 0 Å². The molecule has 11 nitrogen and oxygen atoms in total. The van der Waals surface area contributed by atoms with Crippen LogP contribution in [0.5, 0.6) is 0 Å². The van der Waals surface area contributed by atoms with E-state index in [1.165, 1.54) is 11.8 Å². The molecule has 25 heavy (non-hydrogen) atoms. The van der Waals surface area contributed by atoms with E-state index in [1.54, 1.807) is 0 Å². The lowest BCUT2D eigenvalue weighted by Crippen LogP contribution is -2.51. The molecule has 0 aromatic heterocycles. The van der Waals surface area contributed by atoms with Crippen molar-refractivity contribution in [1.82, 2.24) is 21.3 Å². The Kier molecular flexibility index (Phi) is 11.8. The highest BCUT2D eigenvalue weighted by molar-refractivity contribution is 7.98. The van der Waals surface area contributed by atoms with Crippen molar-refractivity contribution in [2.45, 2.75) is 12.5 Å². The standard InChI is InChI=1S/C13H23N5O6S/c1-25-3-2-8(18-11(21)6-15-9(19)4-14)13(24)17-5-10(20)16-7-12(22)23/h8H,2-7,14H2,1H3,(H,15,19)(H,16,20)(H,17,24)(H,18,21)(H,22,23)/t8-/m0/s1. The molecule has 7 N–H and O–H groups in total. The van der Waals surface area contributed by atoms with Crippen molar-refractivity contribution in [3.63, 3.8) is 0 Å². The second kappa shape index (κ2) is 13.0. The van der Waals surface area contributed by atoms with Gasteiger partial charge in [0.1, 0.15) is 12.6 Å². The number of rotatable bonds is 12. The summed E-state index contributed by atoms with van der Waals surface area (Å²) < 4.78 is 0. The van der Waals surface area contributed by atoms with Gasteiger partial charge in [0.05, 0.1) is 19.6 Å². The van der Waals surface area contributed by atoms with Crippen LogP contribution < -0.4 is 27.0 Å². The van der Waals surface area contributed by atoms with Crippen molar-refractivity contribution >= 4 is 41.4 Å². The Morgan fingerprint density at radius 1 is 0.960 bits per heavy atom. The van der Waals surface area contributed by atoms with Crippen LogP contribution in [0, 0.1) is 0 Å². The van der Waals surface area contributed by atoms with Gasteiger partial charge in [0, 0.05) is 0 Å². The lowest BCUT2D eigenvalue weighted by Gasteiger charge is -2.18. The van der Waals surface area contributed by atoms with E-state index in [4.69, 9.17) is 10.8 Å². The van der Waals surface area contributed by atoms with Gasteiger partial charge in [-0.3, -0.25) is 24.0 Å². The third-order valence-corrected chi connectivity index (χ3v) is 3.40. The lowest BCUT2D eigenvalue weighted by atomic mass is 10.2. The molecule has 0 bridgehead atoms. The number of nitrogens with two attached hydrogens (primary N) is 1. The van der Waals surface area contributed by atoms with E-state index in [-0.39, 0.29) is 13.1 Å². The number of hydrogen-bond donors (Lipinski definition) is 6. The first-order chi connectivity index (χ1) is 11.8. The molecule has 0 aromatic carbocycles. The number of hydrogen-bond acceptors (Lipinski definition) is 7. The zero-order valence-corrected chi connectivity index (χ0v) is 14.6. The maximum absolute atomic E-state index is 12.1. The number of nitrogens with one attached hydrogen (secondary N) is 4. The molecule has 0 aliphatic heterocycles. The van der Waals surface area contributed by atoms with Gasteiger partial charge in [-0.2, -0.15) is 11.8 Å². The van der Waals surface area contributed by atoms with E-state index in [2.05, 4.69) is 21.3 Å². The molecule has 0 saturated carbocycles. The van der Waals surface area contributed by atoms with E-state index in [9.17, 15) is 24.0 Å². The smallest absolute Gasteiger partial charge is 0.322 e. The Morgan fingerprint density at radius 3 is 2.12 bits per heavy atom. The van der Waals surface area contributed by atoms with E-state index in [1.807, 2.05) is 6.26 Å². The molecule has 0 saturated heterocycles. The van der Waals surface area contributed by atoms with Crippen molar-refractivity contribution in [2.24, 2.45) is 5.73 Å². The highest BCUT2D eigenvalue weighted by Crippen LogP contribution is 2.01. The zero-order valence-electron chi connectivity index (χ0n) is 13.8. The molecule has 0 radical (unpaired) electrons. The van der Waals surface area contributed by atoms with Gasteiger partial charge in [0.25, 0.3) is 0 Å².